The Kier molecular flexibility index (Phi) is 1.30. The highest BCUT2D eigenvalue weighted by atomic mass is 35.5. The lowest BCUT2D eigenvalue weighted by atomic mass is 9.81. The Hall–Kier alpha value is -1.27. The lowest BCUT2D eigenvalue weighted by Gasteiger charge is -2.24. The van der Waals surface area contributed by atoms with Gasteiger partial charge < -0.3 is 0 Å². The summed E-state index contributed by atoms with van der Waals surface area (Å²) in [6.45, 7) is 0. The number of fused-ring (bicyclic) bond motifs is 4. The van der Waals surface area contributed by atoms with Crippen LogP contribution in [-0.4, -0.2) is 0 Å². The summed E-state index contributed by atoms with van der Waals surface area (Å²) >= 11 is 6.09. The van der Waals surface area contributed by atoms with Gasteiger partial charge in [0.2, 0.25) is 0 Å². The van der Waals surface area contributed by atoms with Crippen molar-refractivity contribution in [1.82, 2.24) is 0 Å². The molecule has 0 radical (unpaired) electrons. The molecule has 0 atom stereocenters. The van der Waals surface area contributed by atoms with Crippen LogP contribution in [0.5, 0.6) is 0 Å². The molecule has 0 unspecified atom stereocenters. The van der Waals surface area contributed by atoms with E-state index in [1.165, 1.54) is 22.3 Å². The summed E-state index contributed by atoms with van der Waals surface area (Å²) in [6, 6.07) is 14.4. The predicted octanol–water partition coefficient (Wildman–Crippen LogP) is 3.99. The number of halogens is 1. The Labute approximate surface area is 81.8 Å². The molecule has 0 aliphatic heterocycles. The highest BCUT2D eigenvalue weighted by molar-refractivity contribution is 6.35. The zero-order chi connectivity index (χ0) is 8.84. The van der Waals surface area contributed by atoms with Crippen molar-refractivity contribution in [1.29, 1.82) is 0 Å². The van der Waals surface area contributed by atoms with Crippen LogP contribution in [0.3, 0.4) is 0 Å². The highest BCUT2D eigenvalue weighted by Crippen LogP contribution is 2.49. The van der Waals surface area contributed by atoms with E-state index in [4.69, 9.17) is 11.6 Å². The van der Waals surface area contributed by atoms with Gasteiger partial charge in [-0.25, -0.2) is 0 Å². The van der Waals surface area contributed by atoms with Crippen molar-refractivity contribution in [2.75, 3.05) is 0 Å². The first-order valence-corrected chi connectivity index (χ1v) is 4.64. The number of hydrogen-bond acceptors (Lipinski definition) is 0. The fourth-order valence-electron chi connectivity index (χ4n) is 1.90. The summed E-state index contributed by atoms with van der Waals surface area (Å²) in [5.74, 6) is 0. The Bertz CT molecular complexity index is 486. The maximum atomic E-state index is 6.09. The average Bonchev–Trinajstić information content (AvgIpc) is 2.14. The molecule has 1 aliphatic carbocycles. The number of rotatable bonds is 0. The van der Waals surface area contributed by atoms with Crippen LogP contribution in [0.2, 0.25) is 5.02 Å². The van der Waals surface area contributed by atoms with Crippen LogP contribution in [0.25, 0.3) is 22.3 Å². The zero-order valence-corrected chi connectivity index (χ0v) is 7.68. The summed E-state index contributed by atoms with van der Waals surface area (Å²) < 4.78 is 0. The van der Waals surface area contributed by atoms with E-state index in [1.807, 2.05) is 18.2 Å². The minimum absolute atomic E-state index is 0.858. The van der Waals surface area contributed by atoms with E-state index in [-0.39, 0.29) is 0 Å². The minimum atomic E-state index is 0.858. The third-order valence-corrected chi connectivity index (χ3v) is 2.82. The maximum Gasteiger partial charge on any atom is 0.0490 e. The monoisotopic (exact) mass is 186 g/mol. The molecule has 0 amide bonds. The molecule has 1 aliphatic rings. The Morgan fingerprint density at radius 1 is 0.692 bits per heavy atom. The summed E-state index contributed by atoms with van der Waals surface area (Å²) in [5.41, 5.74) is 5.09. The lowest BCUT2D eigenvalue weighted by Crippen LogP contribution is -1.98. The minimum Gasteiger partial charge on any atom is -0.0836 e. The first-order chi connectivity index (χ1) is 6.38. The summed E-state index contributed by atoms with van der Waals surface area (Å²) in [7, 11) is 0. The molecule has 0 aromatic heterocycles. The quantitative estimate of drug-likeness (QED) is 0.498. The fraction of sp³-hybridized carbons (Fsp3) is 0. The predicted molar refractivity (Wildman–Crippen MR) is 55.9 cm³/mol. The molecule has 2 aromatic rings. The molecule has 0 saturated heterocycles. The van der Waals surface area contributed by atoms with E-state index in [0.29, 0.717) is 0 Å². The van der Waals surface area contributed by atoms with Crippen molar-refractivity contribution < 1.29 is 0 Å². The smallest absolute Gasteiger partial charge is 0.0490 e. The highest BCUT2D eigenvalue weighted by Gasteiger charge is 2.23. The van der Waals surface area contributed by atoms with Crippen molar-refractivity contribution in [3.63, 3.8) is 0 Å². The molecular formula is C12H7Cl. The van der Waals surface area contributed by atoms with Gasteiger partial charge in [-0.1, -0.05) is 48.0 Å². The standard InChI is InChI=1S/C12H7Cl/c13-11-7-3-6-10-8-4-1-2-5-9(8)12(10)11/h1-7H. The van der Waals surface area contributed by atoms with Crippen LogP contribution in [0, 0.1) is 0 Å². The lowest BCUT2D eigenvalue weighted by molar-refractivity contribution is 1.52. The van der Waals surface area contributed by atoms with Gasteiger partial charge in [-0.05, 0) is 22.8 Å². The van der Waals surface area contributed by atoms with Gasteiger partial charge in [0.15, 0.2) is 0 Å². The van der Waals surface area contributed by atoms with Gasteiger partial charge in [-0.3, -0.25) is 0 Å². The first kappa shape index (κ1) is 7.16. The van der Waals surface area contributed by atoms with E-state index in [2.05, 4.69) is 24.3 Å². The molecule has 1 heteroatoms. The molecule has 62 valence electrons. The van der Waals surface area contributed by atoms with E-state index in [1.54, 1.807) is 0 Å². The van der Waals surface area contributed by atoms with E-state index in [0.717, 1.165) is 5.02 Å². The fourth-order valence-corrected chi connectivity index (χ4v) is 2.17. The van der Waals surface area contributed by atoms with Gasteiger partial charge in [0.05, 0.1) is 0 Å². The van der Waals surface area contributed by atoms with Crippen molar-refractivity contribution in [3.8, 4) is 22.3 Å². The molecular weight excluding hydrogens is 180 g/mol. The number of benzene rings is 2. The van der Waals surface area contributed by atoms with Crippen molar-refractivity contribution in [2.24, 2.45) is 0 Å². The Morgan fingerprint density at radius 3 is 2.23 bits per heavy atom. The van der Waals surface area contributed by atoms with Crippen molar-refractivity contribution in [2.45, 2.75) is 0 Å². The third-order valence-electron chi connectivity index (χ3n) is 2.50. The normalized spacial score (nSPS) is 11.5. The maximum absolute atomic E-state index is 6.09. The molecule has 0 nitrogen and oxygen atoms in total. The second-order valence-corrected chi connectivity index (χ2v) is 3.62. The second kappa shape index (κ2) is 2.36. The molecule has 0 spiro atoms. The molecule has 3 rings (SSSR count). The summed E-state index contributed by atoms with van der Waals surface area (Å²) in [5, 5.41) is 0.858. The molecule has 2 aromatic carbocycles. The van der Waals surface area contributed by atoms with Crippen LogP contribution >= 0.6 is 11.6 Å². The van der Waals surface area contributed by atoms with Gasteiger partial charge in [-0.15, -0.1) is 0 Å². The second-order valence-electron chi connectivity index (χ2n) is 3.21. The zero-order valence-electron chi connectivity index (χ0n) is 6.92. The van der Waals surface area contributed by atoms with Gasteiger partial charge in [-0.2, -0.15) is 0 Å². The molecule has 0 fully saturated rings. The largest absolute Gasteiger partial charge is 0.0836 e. The van der Waals surface area contributed by atoms with Crippen molar-refractivity contribution in [3.05, 3.63) is 47.5 Å². The van der Waals surface area contributed by atoms with Gasteiger partial charge in [0.1, 0.15) is 0 Å². The average molecular weight is 187 g/mol. The molecule has 0 heterocycles. The SMILES string of the molecule is Clc1cccc2c1-c1ccccc1-2. The molecule has 0 saturated carbocycles. The summed E-state index contributed by atoms with van der Waals surface area (Å²) in [6.07, 6.45) is 0. The Balaban J connectivity index is 2.35. The van der Waals surface area contributed by atoms with Gasteiger partial charge in [0, 0.05) is 10.6 Å². The van der Waals surface area contributed by atoms with Crippen LogP contribution in [0.4, 0.5) is 0 Å². The number of hydrogen-bond donors (Lipinski definition) is 0. The Morgan fingerprint density at radius 2 is 1.38 bits per heavy atom. The van der Waals surface area contributed by atoms with Gasteiger partial charge in [0.25, 0.3) is 0 Å². The van der Waals surface area contributed by atoms with Crippen LogP contribution < -0.4 is 0 Å². The van der Waals surface area contributed by atoms with Crippen LogP contribution in [-0.2, 0) is 0 Å². The first-order valence-electron chi connectivity index (χ1n) is 4.26. The summed E-state index contributed by atoms with van der Waals surface area (Å²) in [4.78, 5) is 0. The molecule has 0 bridgehead atoms. The van der Waals surface area contributed by atoms with E-state index >= 15 is 0 Å². The third kappa shape index (κ3) is 0.812. The molecule has 0 N–H and O–H groups in total. The molecule has 13 heavy (non-hydrogen) atoms. The van der Waals surface area contributed by atoms with Crippen molar-refractivity contribution >= 4 is 11.6 Å². The van der Waals surface area contributed by atoms with Crippen LogP contribution in [0.15, 0.2) is 42.5 Å². The topological polar surface area (TPSA) is 0 Å². The van der Waals surface area contributed by atoms with E-state index < -0.39 is 0 Å². The van der Waals surface area contributed by atoms with E-state index in [9.17, 15) is 0 Å². The van der Waals surface area contributed by atoms with Crippen LogP contribution in [0.1, 0.15) is 0 Å². The van der Waals surface area contributed by atoms with Gasteiger partial charge >= 0.3 is 0 Å².